The quantitative estimate of drug-likeness (QED) is 0.0336. The summed E-state index contributed by atoms with van der Waals surface area (Å²) in [5.74, 6) is 0. The van der Waals surface area contributed by atoms with Gasteiger partial charge in [-0.15, -0.1) is 0 Å². The van der Waals surface area contributed by atoms with Crippen LogP contribution in [0.4, 0.5) is 0 Å². The molecule has 0 aromatic heterocycles. The van der Waals surface area contributed by atoms with Gasteiger partial charge in [-0.3, -0.25) is 9.13 Å². The van der Waals surface area contributed by atoms with E-state index in [1.807, 2.05) is 0 Å². The summed E-state index contributed by atoms with van der Waals surface area (Å²) < 4.78 is 43.9. The van der Waals surface area contributed by atoms with Gasteiger partial charge in [-0.25, -0.2) is 0 Å². The van der Waals surface area contributed by atoms with Crippen molar-refractivity contribution in [2.24, 2.45) is 0 Å². The Morgan fingerprint density at radius 1 is 0.200 bits per heavy atom. The second kappa shape index (κ2) is 68.7. The van der Waals surface area contributed by atoms with Crippen LogP contribution in [0.25, 0.3) is 0 Å². The minimum atomic E-state index is -4.12. The van der Waals surface area contributed by atoms with Crippen LogP contribution < -0.4 is 9.79 Å². The number of phosphoric ester groups is 2. The van der Waals surface area contributed by atoms with E-state index in [4.69, 9.17) is 18.1 Å². The van der Waals surface area contributed by atoms with E-state index < -0.39 is 15.6 Å². The second-order valence-corrected chi connectivity index (χ2v) is 25.4. The van der Waals surface area contributed by atoms with Crippen LogP contribution in [0, 0.1) is 0 Å². The third-order valence-corrected chi connectivity index (χ3v) is 17.0. The van der Waals surface area contributed by atoms with Gasteiger partial charge in [0.2, 0.25) is 0 Å². The molecule has 448 valence electrons. The van der Waals surface area contributed by atoms with Gasteiger partial charge in [-0.05, 0) is 25.7 Å². The molecule has 0 radical (unpaired) electrons. The van der Waals surface area contributed by atoms with E-state index in [0.717, 1.165) is 51.4 Å². The average molecular weight is 1100 g/mol. The van der Waals surface area contributed by atoms with E-state index >= 15 is 0 Å². The van der Waals surface area contributed by atoms with Crippen molar-refractivity contribution in [3.05, 3.63) is 0 Å². The van der Waals surface area contributed by atoms with Gasteiger partial charge in [0.1, 0.15) is 0 Å². The summed E-state index contributed by atoms with van der Waals surface area (Å²) in [4.78, 5) is 23.8. The van der Waals surface area contributed by atoms with Gasteiger partial charge in [-0.2, -0.15) is 0 Å². The molecule has 0 fully saturated rings. The first-order valence-corrected chi connectivity index (χ1v) is 36.4. The predicted octanol–water partition coefficient (Wildman–Crippen LogP) is 22.5. The smallest absolute Gasteiger partial charge is 0.756 e. The summed E-state index contributed by atoms with van der Waals surface area (Å²) in [5.41, 5.74) is 0. The molecule has 8 nitrogen and oxygen atoms in total. The van der Waals surface area contributed by atoms with Gasteiger partial charge in [0, 0.05) is 0 Å². The number of hydrogen-bond acceptors (Lipinski definition) is 8. The monoisotopic (exact) mass is 1100 g/mol. The van der Waals surface area contributed by atoms with Crippen LogP contribution in [0.2, 0.25) is 0 Å². The van der Waals surface area contributed by atoms with Crippen molar-refractivity contribution < 1.29 is 37.0 Å². The molecule has 0 saturated heterocycles. The van der Waals surface area contributed by atoms with Gasteiger partial charge in [0.25, 0.3) is 15.6 Å². The zero-order valence-corrected chi connectivity index (χ0v) is 53.1. The van der Waals surface area contributed by atoms with E-state index in [1.165, 1.54) is 308 Å². The fourth-order valence-electron chi connectivity index (χ4n) is 9.97. The molecule has 0 spiro atoms. The SMILES string of the molecule is CCCCCCCCCCCCCCCCOP(=O)([O-])OCCCCCCCCCCCCCCCC.CCCCCCCCCCCCCCCCOP(=O)([O-])OCCCCCCCCCCCCCCCC.[Be+2]. The van der Waals surface area contributed by atoms with Gasteiger partial charge >= 0.3 is 10.1 Å². The van der Waals surface area contributed by atoms with Gasteiger partial charge in [0.05, 0.1) is 26.4 Å². The predicted molar refractivity (Wildman–Crippen MR) is 326 cm³/mol. The minimum absolute atomic E-state index is 0. The topological polar surface area (TPSA) is 117 Å². The molecule has 0 aliphatic rings. The molecule has 0 aliphatic carbocycles. The maximum absolute atomic E-state index is 11.9. The number of phosphoric acid groups is 2. The first-order valence-electron chi connectivity index (χ1n) is 33.4. The molecule has 0 amide bonds. The summed E-state index contributed by atoms with van der Waals surface area (Å²) in [7, 11) is -8.23. The van der Waals surface area contributed by atoms with E-state index in [-0.39, 0.29) is 36.5 Å². The number of rotatable bonds is 64. The Balaban J connectivity index is -0.00000136. The summed E-state index contributed by atoms with van der Waals surface area (Å²) >= 11 is 0. The Bertz CT molecular complexity index is 959. The molecule has 0 N–H and O–H groups in total. The zero-order valence-electron chi connectivity index (χ0n) is 51.3. The van der Waals surface area contributed by atoms with E-state index in [9.17, 15) is 18.9 Å². The molecule has 0 heterocycles. The van der Waals surface area contributed by atoms with Gasteiger partial charge in [-0.1, -0.05) is 362 Å². The van der Waals surface area contributed by atoms with Crippen LogP contribution in [0.5, 0.6) is 0 Å². The molecular formula is C64H132BeO8P2. The van der Waals surface area contributed by atoms with Crippen LogP contribution in [-0.4, -0.2) is 36.5 Å². The standard InChI is InChI=1S/2C32H67O4P.Be/c2*1-3-5-7-9-11-13-15-17-19-21-23-25-27-29-31-35-37(33,34)36-32-30-28-26-24-22-20-18-16-14-12-10-8-6-4-2;/h2*3-32H2,1-2H3,(H,33,34);/q;;+2/p-2. The van der Waals surface area contributed by atoms with E-state index in [1.54, 1.807) is 0 Å². The Morgan fingerprint density at radius 3 is 0.400 bits per heavy atom. The van der Waals surface area contributed by atoms with Crippen molar-refractivity contribution in [3.63, 3.8) is 0 Å². The third kappa shape index (κ3) is 74.4. The first-order chi connectivity index (χ1) is 36.2. The van der Waals surface area contributed by atoms with Crippen molar-refractivity contribution in [2.75, 3.05) is 26.4 Å². The molecule has 0 atom stereocenters. The van der Waals surface area contributed by atoms with Gasteiger partial charge < -0.3 is 27.9 Å². The third-order valence-electron chi connectivity index (χ3n) is 15.0. The molecule has 0 aromatic rings. The van der Waals surface area contributed by atoms with Crippen LogP contribution in [0.15, 0.2) is 0 Å². The van der Waals surface area contributed by atoms with E-state index in [0.29, 0.717) is 0 Å². The average Bonchev–Trinajstić information content (AvgIpc) is 3.38. The van der Waals surface area contributed by atoms with Crippen LogP contribution in [0.3, 0.4) is 0 Å². The molecule has 0 saturated carbocycles. The summed E-state index contributed by atoms with van der Waals surface area (Å²) in [5, 5.41) is 0. The maximum Gasteiger partial charge on any atom is 2.00 e. The Morgan fingerprint density at radius 2 is 0.293 bits per heavy atom. The van der Waals surface area contributed by atoms with E-state index in [2.05, 4.69) is 27.7 Å². The van der Waals surface area contributed by atoms with Crippen LogP contribution >= 0.6 is 15.6 Å². The van der Waals surface area contributed by atoms with Gasteiger partial charge in [0.15, 0.2) is 0 Å². The summed E-state index contributed by atoms with van der Waals surface area (Å²) in [6.07, 6.45) is 72.1. The molecule has 0 aliphatic heterocycles. The molecule has 0 rings (SSSR count). The Hall–Kier alpha value is 0.389. The molecule has 0 aromatic carbocycles. The molecule has 75 heavy (non-hydrogen) atoms. The molecule has 0 unspecified atom stereocenters. The maximum atomic E-state index is 11.9. The summed E-state index contributed by atoms with van der Waals surface area (Å²) in [6.45, 7) is 10.1. The van der Waals surface area contributed by atoms with Crippen LogP contribution in [0.1, 0.15) is 387 Å². The van der Waals surface area contributed by atoms with Crippen molar-refractivity contribution >= 4 is 25.8 Å². The van der Waals surface area contributed by atoms with Crippen molar-refractivity contribution in [1.82, 2.24) is 0 Å². The second-order valence-electron chi connectivity index (χ2n) is 22.6. The minimum Gasteiger partial charge on any atom is -0.756 e. The van der Waals surface area contributed by atoms with Crippen molar-refractivity contribution in [1.29, 1.82) is 0 Å². The molecule has 0 bridgehead atoms. The van der Waals surface area contributed by atoms with Crippen molar-refractivity contribution in [2.45, 2.75) is 387 Å². The number of hydrogen-bond donors (Lipinski definition) is 0. The molecule has 11 heteroatoms. The van der Waals surface area contributed by atoms with Crippen molar-refractivity contribution in [3.8, 4) is 0 Å². The fraction of sp³-hybridized carbons (Fsp3) is 1.00. The summed E-state index contributed by atoms with van der Waals surface area (Å²) in [6, 6.07) is 0. The normalized spacial score (nSPS) is 11.8. The largest absolute Gasteiger partial charge is 2.00 e. The van der Waals surface area contributed by atoms with Crippen LogP contribution in [-0.2, 0) is 27.2 Å². The fourth-order valence-corrected chi connectivity index (χ4v) is 11.5. The zero-order chi connectivity index (χ0) is 54.3. The number of unbranched alkanes of at least 4 members (excludes halogenated alkanes) is 52. The first kappa shape index (κ1) is 79.6. The Kier molecular flexibility index (Phi) is 72.9. The Labute approximate surface area is 474 Å². The molecular weight excluding hydrogens is 968 g/mol.